The number of unbranched alkanes of at least 4 members (excludes halogenated alkanes) is 2. The molecule has 0 aliphatic carbocycles. The number of carboxylic acid groups (broad SMARTS) is 1. The average molecular weight is 544 g/mol. The van der Waals surface area contributed by atoms with Crippen LogP contribution in [0.1, 0.15) is 31.2 Å². The fraction of sp³-hybridized carbons (Fsp3) is 0.240. The van der Waals surface area contributed by atoms with Crippen LogP contribution in [0.25, 0.3) is 5.57 Å². The van der Waals surface area contributed by atoms with Crippen molar-refractivity contribution < 1.29 is 24.3 Å². The number of thiocarbonyl (C=S) groups is 1. The molecular formula is C25H22ClN3O5S2. The quantitative estimate of drug-likeness (QED) is 0.271. The first-order valence-corrected chi connectivity index (χ1v) is 12.8. The van der Waals surface area contributed by atoms with Crippen LogP contribution in [0.4, 0.5) is 11.4 Å². The predicted octanol–water partition coefficient (Wildman–Crippen LogP) is 4.54. The second kappa shape index (κ2) is 11.2. The summed E-state index contributed by atoms with van der Waals surface area (Å²) in [7, 11) is 0. The number of amides is 3. The molecular weight excluding hydrogens is 522 g/mol. The number of carboxylic acids is 1. The molecule has 36 heavy (non-hydrogen) atoms. The van der Waals surface area contributed by atoms with Gasteiger partial charge in [-0.3, -0.25) is 29.0 Å². The Kier molecular flexibility index (Phi) is 8.07. The van der Waals surface area contributed by atoms with E-state index in [9.17, 15) is 19.2 Å². The van der Waals surface area contributed by atoms with Crippen LogP contribution in [0.5, 0.6) is 0 Å². The van der Waals surface area contributed by atoms with E-state index in [0.29, 0.717) is 52.1 Å². The summed E-state index contributed by atoms with van der Waals surface area (Å²) in [5, 5.41) is 12.0. The number of fused-ring (bicyclic) bond motifs is 1. The number of halogens is 1. The SMILES string of the molecule is O=C(O)CCCCCN1C(=O)C(=C2C(=O)N(CC(=O)Nc3cccc(Cl)c3)c3ccccc32)SC1=S. The first kappa shape index (κ1) is 25.9. The Bertz CT molecular complexity index is 1300. The van der Waals surface area contributed by atoms with Gasteiger partial charge in [0.15, 0.2) is 0 Å². The molecule has 2 aromatic rings. The number of nitrogens with one attached hydrogen (secondary N) is 1. The van der Waals surface area contributed by atoms with Gasteiger partial charge in [0.2, 0.25) is 5.91 Å². The van der Waals surface area contributed by atoms with Crippen molar-refractivity contribution in [2.45, 2.75) is 25.7 Å². The molecule has 0 bridgehead atoms. The second-order valence-corrected chi connectivity index (χ2v) is 10.3. The fourth-order valence-corrected chi connectivity index (χ4v) is 5.60. The smallest absolute Gasteiger partial charge is 0.303 e. The minimum atomic E-state index is -0.852. The minimum absolute atomic E-state index is 0.0778. The lowest BCUT2D eigenvalue weighted by atomic mass is 10.1. The lowest BCUT2D eigenvalue weighted by Gasteiger charge is -2.17. The van der Waals surface area contributed by atoms with Crippen LogP contribution in [0, 0.1) is 0 Å². The van der Waals surface area contributed by atoms with Crippen molar-refractivity contribution in [2.75, 3.05) is 23.3 Å². The lowest BCUT2D eigenvalue weighted by molar-refractivity contribution is -0.137. The molecule has 2 aromatic carbocycles. The summed E-state index contributed by atoms with van der Waals surface area (Å²) in [4.78, 5) is 53.2. The minimum Gasteiger partial charge on any atom is -0.481 e. The van der Waals surface area contributed by atoms with Crippen molar-refractivity contribution in [3.8, 4) is 0 Å². The second-order valence-electron chi connectivity index (χ2n) is 8.20. The molecule has 0 saturated carbocycles. The zero-order chi connectivity index (χ0) is 25.8. The summed E-state index contributed by atoms with van der Waals surface area (Å²) >= 11 is 12.5. The monoisotopic (exact) mass is 543 g/mol. The summed E-state index contributed by atoms with van der Waals surface area (Å²) in [6.07, 6.45) is 1.84. The van der Waals surface area contributed by atoms with Crippen LogP contribution >= 0.6 is 35.6 Å². The molecule has 0 unspecified atom stereocenters. The molecule has 0 spiro atoms. The summed E-state index contributed by atoms with van der Waals surface area (Å²) in [5.41, 5.74) is 1.85. The van der Waals surface area contributed by atoms with E-state index in [2.05, 4.69) is 5.32 Å². The van der Waals surface area contributed by atoms with E-state index < -0.39 is 17.8 Å². The molecule has 2 heterocycles. The van der Waals surface area contributed by atoms with Crippen LogP contribution in [-0.4, -0.2) is 51.1 Å². The van der Waals surface area contributed by atoms with Crippen molar-refractivity contribution in [1.82, 2.24) is 4.90 Å². The van der Waals surface area contributed by atoms with E-state index in [1.54, 1.807) is 48.5 Å². The van der Waals surface area contributed by atoms with E-state index in [-0.39, 0.29) is 29.4 Å². The van der Waals surface area contributed by atoms with E-state index >= 15 is 0 Å². The number of carbonyl (C=O) groups is 4. The molecule has 8 nitrogen and oxygen atoms in total. The van der Waals surface area contributed by atoms with E-state index in [1.807, 2.05) is 0 Å². The molecule has 1 saturated heterocycles. The zero-order valence-electron chi connectivity index (χ0n) is 19.0. The van der Waals surface area contributed by atoms with Gasteiger partial charge in [-0.05, 0) is 37.1 Å². The Morgan fingerprint density at radius 3 is 2.53 bits per heavy atom. The Labute approximate surface area is 222 Å². The molecule has 0 atom stereocenters. The number of hydrogen-bond donors (Lipinski definition) is 2. The van der Waals surface area contributed by atoms with Gasteiger partial charge in [0.05, 0.1) is 16.2 Å². The van der Waals surface area contributed by atoms with Crippen molar-refractivity contribution in [2.24, 2.45) is 0 Å². The average Bonchev–Trinajstić information content (AvgIpc) is 3.25. The Hall–Kier alpha value is -3.21. The van der Waals surface area contributed by atoms with Gasteiger partial charge < -0.3 is 10.4 Å². The van der Waals surface area contributed by atoms with Gasteiger partial charge in [-0.2, -0.15) is 0 Å². The summed E-state index contributed by atoms with van der Waals surface area (Å²) < 4.78 is 0.350. The topological polar surface area (TPSA) is 107 Å². The fourth-order valence-electron chi connectivity index (χ4n) is 4.03. The molecule has 1 fully saturated rings. The van der Waals surface area contributed by atoms with E-state index in [4.69, 9.17) is 28.9 Å². The molecule has 4 rings (SSSR count). The number of thioether (sulfide) groups is 1. The Balaban J connectivity index is 1.52. The maximum absolute atomic E-state index is 13.5. The summed E-state index contributed by atoms with van der Waals surface area (Å²) in [5.74, 6) is -2.06. The highest BCUT2D eigenvalue weighted by Gasteiger charge is 2.42. The predicted molar refractivity (Wildman–Crippen MR) is 144 cm³/mol. The zero-order valence-corrected chi connectivity index (χ0v) is 21.4. The molecule has 11 heteroatoms. The number of benzene rings is 2. The third-order valence-corrected chi connectivity index (χ3v) is 7.37. The maximum Gasteiger partial charge on any atom is 0.303 e. The largest absolute Gasteiger partial charge is 0.481 e. The number of rotatable bonds is 9. The lowest BCUT2D eigenvalue weighted by Crippen LogP contribution is -2.35. The molecule has 2 aliphatic heterocycles. The highest BCUT2D eigenvalue weighted by molar-refractivity contribution is 8.26. The highest BCUT2D eigenvalue weighted by Crippen LogP contribution is 2.44. The van der Waals surface area contributed by atoms with Crippen LogP contribution < -0.4 is 10.2 Å². The number of para-hydroxylation sites is 1. The molecule has 186 valence electrons. The van der Waals surface area contributed by atoms with Gasteiger partial charge in [-0.1, -0.05) is 66.3 Å². The third kappa shape index (κ3) is 5.61. The molecule has 2 aliphatic rings. The van der Waals surface area contributed by atoms with Crippen LogP contribution in [0.3, 0.4) is 0 Å². The summed E-state index contributed by atoms with van der Waals surface area (Å²) in [6.45, 7) is 0.110. The third-order valence-electron chi connectivity index (χ3n) is 5.68. The van der Waals surface area contributed by atoms with Crippen LogP contribution in [0.2, 0.25) is 5.02 Å². The van der Waals surface area contributed by atoms with Crippen molar-refractivity contribution >= 4 is 80.5 Å². The van der Waals surface area contributed by atoms with Gasteiger partial charge in [0.1, 0.15) is 10.9 Å². The number of aliphatic carboxylic acids is 1. The first-order chi connectivity index (χ1) is 17.3. The molecule has 0 aromatic heterocycles. The molecule has 0 radical (unpaired) electrons. The number of carbonyl (C=O) groups excluding carboxylic acids is 3. The standard InChI is InChI=1S/C25H22ClN3O5S2/c26-15-7-6-8-16(13-15)27-19(30)14-29-18-10-4-3-9-17(18)21(23(29)33)22-24(34)28(25(35)36-22)12-5-1-2-11-20(31)32/h3-4,6-10,13H,1-2,5,11-12,14H2,(H,27,30)(H,31,32). The van der Waals surface area contributed by atoms with Crippen molar-refractivity contribution in [3.05, 3.63) is 64.0 Å². The number of anilines is 2. The van der Waals surface area contributed by atoms with Gasteiger partial charge in [0.25, 0.3) is 11.8 Å². The number of hydrogen-bond acceptors (Lipinski definition) is 6. The van der Waals surface area contributed by atoms with Gasteiger partial charge in [-0.15, -0.1) is 0 Å². The summed E-state index contributed by atoms with van der Waals surface area (Å²) in [6, 6.07) is 13.7. The normalized spacial score (nSPS) is 17.1. The van der Waals surface area contributed by atoms with Crippen molar-refractivity contribution in [3.63, 3.8) is 0 Å². The van der Waals surface area contributed by atoms with Crippen LogP contribution in [0.15, 0.2) is 53.4 Å². The highest BCUT2D eigenvalue weighted by atomic mass is 35.5. The molecule has 2 N–H and O–H groups in total. The first-order valence-electron chi connectivity index (χ1n) is 11.2. The number of nitrogens with zero attached hydrogens (tertiary/aromatic N) is 2. The van der Waals surface area contributed by atoms with E-state index in [0.717, 1.165) is 11.8 Å². The van der Waals surface area contributed by atoms with Gasteiger partial charge >= 0.3 is 5.97 Å². The molecule has 3 amide bonds. The van der Waals surface area contributed by atoms with Gasteiger partial charge in [-0.25, -0.2) is 0 Å². The van der Waals surface area contributed by atoms with Crippen molar-refractivity contribution in [1.29, 1.82) is 0 Å². The Morgan fingerprint density at radius 1 is 1.00 bits per heavy atom. The van der Waals surface area contributed by atoms with Gasteiger partial charge in [0, 0.05) is 29.2 Å². The van der Waals surface area contributed by atoms with Crippen LogP contribution in [-0.2, 0) is 19.2 Å². The maximum atomic E-state index is 13.5. The Morgan fingerprint density at radius 2 is 1.78 bits per heavy atom. The van der Waals surface area contributed by atoms with E-state index in [1.165, 1.54) is 9.80 Å².